The molecule has 0 radical (unpaired) electrons. The zero-order valence-corrected chi connectivity index (χ0v) is 17.6. The maximum absolute atomic E-state index is 5.65. The average molecular weight is 368 g/mol. The van der Waals surface area contributed by atoms with Gasteiger partial charge in [0, 0.05) is 41.4 Å². The number of anilines is 1. The van der Waals surface area contributed by atoms with Gasteiger partial charge in [-0.2, -0.15) is 0 Å². The van der Waals surface area contributed by atoms with E-state index in [1.54, 1.807) is 7.11 Å². The number of allylic oxidation sites excluding steroid dienone is 1. The van der Waals surface area contributed by atoms with Gasteiger partial charge in [-0.1, -0.05) is 44.2 Å². The van der Waals surface area contributed by atoms with Gasteiger partial charge >= 0.3 is 0 Å². The highest BCUT2D eigenvalue weighted by Crippen LogP contribution is 2.35. The number of nitrogens with zero attached hydrogens (tertiary/aromatic N) is 1. The maximum atomic E-state index is 5.65. The number of hydrogen-bond donors (Lipinski definition) is 1. The van der Waals surface area contributed by atoms with E-state index in [1.807, 2.05) is 0 Å². The van der Waals surface area contributed by atoms with Crippen molar-refractivity contribution in [1.29, 1.82) is 0 Å². The van der Waals surface area contributed by atoms with Crippen LogP contribution >= 0.6 is 0 Å². The molecule has 3 nitrogen and oxygen atoms in total. The molecule has 2 aromatic carbocycles. The SMILES string of the molecule is CCN(CC)c1ccc(/C=C/CC(C)(CC)c2ccccc2[NH3+])c(OC)c1. The standard InChI is InChI=1S/C24H34N2O/c1-6-24(4,21-13-9-10-14-22(21)25)17-11-12-19-15-16-20(18-23(19)27-5)26(7-2)8-3/h9-16,18H,6-8,17,25H2,1-5H3/p+1/b12-11+. The van der Waals surface area contributed by atoms with Crippen LogP contribution in [0.2, 0.25) is 0 Å². The summed E-state index contributed by atoms with van der Waals surface area (Å²) < 4.78 is 5.65. The molecule has 0 bridgehead atoms. The molecular formula is C24H35N2O+. The summed E-state index contributed by atoms with van der Waals surface area (Å²) in [6.45, 7) is 10.9. The Kier molecular flexibility index (Phi) is 7.49. The van der Waals surface area contributed by atoms with E-state index in [2.05, 4.69) is 92.9 Å². The molecule has 1 unspecified atom stereocenters. The molecule has 0 spiro atoms. The van der Waals surface area contributed by atoms with Crippen LogP contribution in [0.3, 0.4) is 0 Å². The van der Waals surface area contributed by atoms with Crippen molar-refractivity contribution in [3.8, 4) is 5.75 Å². The number of hydrogen-bond acceptors (Lipinski definition) is 2. The predicted molar refractivity (Wildman–Crippen MR) is 117 cm³/mol. The number of benzene rings is 2. The molecule has 146 valence electrons. The summed E-state index contributed by atoms with van der Waals surface area (Å²) in [5.41, 5.74) is 9.09. The lowest BCUT2D eigenvalue weighted by atomic mass is 9.76. The smallest absolute Gasteiger partial charge is 0.131 e. The van der Waals surface area contributed by atoms with Crippen LogP contribution in [-0.2, 0) is 5.41 Å². The molecule has 0 heterocycles. The number of methoxy groups -OCH3 is 1. The van der Waals surface area contributed by atoms with Crippen molar-refractivity contribution in [2.75, 3.05) is 25.1 Å². The predicted octanol–water partition coefficient (Wildman–Crippen LogP) is 5.19. The van der Waals surface area contributed by atoms with Crippen LogP contribution in [0.5, 0.6) is 5.75 Å². The Labute approximate surface area is 164 Å². The average Bonchev–Trinajstić information content (AvgIpc) is 2.69. The minimum absolute atomic E-state index is 0.0865. The maximum Gasteiger partial charge on any atom is 0.131 e. The largest absolute Gasteiger partial charge is 0.496 e. The highest BCUT2D eigenvalue weighted by Gasteiger charge is 2.26. The molecule has 0 amide bonds. The Bertz CT molecular complexity index is 765. The molecule has 0 aromatic heterocycles. The fourth-order valence-electron chi connectivity index (χ4n) is 3.62. The minimum Gasteiger partial charge on any atom is -0.496 e. The van der Waals surface area contributed by atoms with Gasteiger partial charge in [0.2, 0.25) is 0 Å². The first-order chi connectivity index (χ1) is 13.0. The molecule has 27 heavy (non-hydrogen) atoms. The van der Waals surface area contributed by atoms with Gasteiger partial charge in [-0.05, 0) is 44.9 Å². The van der Waals surface area contributed by atoms with Crippen molar-refractivity contribution < 1.29 is 10.5 Å². The van der Waals surface area contributed by atoms with Gasteiger partial charge in [0.25, 0.3) is 0 Å². The molecule has 1 atom stereocenters. The number of ether oxygens (including phenoxy) is 1. The third kappa shape index (κ3) is 4.92. The van der Waals surface area contributed by atoms with E-state index in [0.29, 0.717) is 0 Å². The third-order valence-electron chi connectivity index (χ3n) is 5.66. The van der Waals surface area contributed by atoms with Crippen LogP contribution in [-0.4, -0.2) is 20.2 Å². The first-order valence-corrected chi connectivity index (χ1v) is 10.00. The number of rotatable bonds is 9. The van der Waals surface area contributed by atoms with Crippen molar-refractivity contribution >= 4 is 17.5 Å². The van der Waals surface area contributed by atoms with Crippen molar-refractivity contribution in [2.45, 2.75) is 46.0 Å². The molecule has 2 rings (SSSR count). The summed E-state index contributed by atoms with van der Waals surface area (Å²) in [6, 6.07) is 14.9. The normalized spacial score (nSPS) is 13.6. The van der Waals surface area contributed by atoms with E-state index < -0.39 is 0 Å². The molecule has 0 aliphatic heterocycles. The lowest BCUT2D eigenvalue weighted by Gasteiger charge is -2.27. The fraction of sp³-hybridized carbons (Fsp3) is 0.417. The van der Waals surface area contributed by atoms with Crippen molar-refractivity contribution in [1.82, 2.24) is 0 Å². The summed E-state index contributed by atoms with van der Waals surface area (Å²) in [4.78, 5) is 2.33. The molecule has 0 aliphatic carbocycles. The summed E-state index contributed by atoms with van der Waals surface area (Å²) in [6.07, 6.45) is 6.49. The summed E-state index contributed by atoms with van der Waals surface area (Å²) >= 11 is 0. The van der Waals surface area contributed by atoms with Gasteiger partial charge < -0.3 is 15.4 Å². The monoisotopic (exact) mass is 367 g/mol. The van der Waals surface area contributed by atoms with E-state index in [4.69, 9.17) is 4.74 Å². The lowest BCUT2D eigenvalue weighted by Crippen LogP contribution is -2.43. The topological polar surface area (TPSA) is 40.1 Å². The second kappa shape index (κ2) is 9.61. The number of quaternary nitrogens is 1. The Balaban J connectivity index is 2.23. The zero-order valence-electron chi connectivity index (χ0n) is 17.6. The Morgan fingerprint density at radius 3 is 2.37 bits per heavy atom. The Morgan fingerprint density at radius 2 is 1.78 bits per heavy atom. The van der Waals surface area contributed by atoms with Crippen LogP contribution < -0.4 is 15.4 Å². The molecule has 0 saturated heterocycles. The van der Waals surface area contributed by atoms with Gasteiger partial charge in [0.05, 0.1) is 7.11 Å². The van der Waals surface area contributed by atoms with E-state index in [9.17, 15) is 0 Å². The van der Waals surface area contributed by atoms with Crippen LogP contribution in [0, 0.1) is 0 Å². The zero-order chi connectivity index (χ0) is 19.9. The van der Waals surface area contributed by atoms with E-state index in [0.717, 1.165) is 42.9 Å². The fourth-order valence-corrected chi connectivity index (χ4v) is 3.62. The van der Waals surface area contributed by atoms with E-state index in [-0.39, 0.29) is 5.41 Å². The highest BCUT2D eigenvalue weighted by atomic mass is 16.5. The van der Waals surface area contributed by atoms with Gasteiger partial charge in [-0.15, -0.1) is 0 Å². The highest BCUT2D eigenvalue weighted by molar-refractivity contribution is 5.64. The second-order valence-electron chi connectivity index (χ2n) is 7.28. The van der Waals surface area contributed by atoms with E-state index >= 15 is 0 Å². The second-order valence-corrected chi connectivity index (χ2v) is 7.28. The molecule has 0 aliphatic rings. The van der Waals surface area contributed by atoms with Crippen LogP contribution in [0.1, 0.15) is 51.7 Å². The van der Waals surface area contributed by atoms with Crippen molar-refractivity contribution in [2.24, 2.45) is 0 Å². The minimum atomic E-state index is 0.0865. The molecular weight excluding hydrogens is 332 g/mol. The molecule has 3 heteroatoms. The van der Waals surface area contributed by atoms with Crippen LogP contribution in [0.15, 0.2) is 48.5 Å². The van der Waals surface area contributed by atoms with Crippen molar-refractivity contribution in [3.63, 3.8) is 0 Å². The van der Waals surface area contributed by atoms with Crippen LogP contribution in [0.25, 0.3) is 6.08 Å². The first-order valence-electron chi connectivity index (χ1n) is 10.00. The first kappa shape index (κ1) is 21.0. The Hall–Kier alpha value is -2.26. The molecule has 2 aromatic rings. The van der Waals surface area contributed by atoms with Gasteiger partial charge in [-0.3, -0.25) is 0 Å². The van der Waals surface area contributed by atoms with Crippen LogP contribution in [0.4, 0.5) is 11.4 Å². The molecule has 0 saturated carbocycles. The van der Waals surface area contributed by atoms with Gasteiger partial charge in [-0.25, -0.2) is 0 Å². The van der Waals surface area contributed by atoms with Gasteiger partial charge in [0.15, 0.2) is 0 Å². The quantitative estimate of drug-likeness (QED) is 0.663. The van der Waals surface area contributed by atoms with Gasteiger partial charge in [0.1, 0.15) is 11.4 Å². The summed E-state index contributed by atoms with van der Waals surface area (Å²) in [7, 11) is 1.74. The summed E-state index contributed by atoms with van der Waals surface area (Å²) in [5, 5.41) is 0. The third-order valence-corrected chi connectivity index (χ3v) is 5.66. The Morgan fingerprint density at radius 1 is 1.07 bits per heavy atom. The molecule has 3 N–H and O–H groups in total. The van der Waals surface area contributed by atoms with Crippen molar-refractivity contribution in [3.05, 3.63) is 59.7 Å². The molecule has 0 fully saturated rings. The van der Waals surface area contributed by atoms with E-state index in [1.165, 1.54) is 11.3 Å². The summed E-state index contributed by atoms with van der Waals surface area (Å²) in [5.74, 6) is 0.923. The lowest BCUT2D eigenvalue weighted by molar-refractivity contribution is -0.256.